The molecule has 1 N–H and O–H groups in total. The second-order valence-corrected chi connectivity index (χ2v) is 7.62. The highest BCUT2D eigenvalue weighted by atomic mass is 16.2. The van der Waals surface area contributed by atoms with E-state index in [0.717, 1.165) is 51.0 Å². The minimum atomic E-state index is 0.169. The second kappa shape index (κ2) is 6.21. The Morgan fingerprint density at radius 1 is 1.12 bits per heavy atom. The largest absolute Gasteiger partial charge is 0.361 e. The van der Waals surface area contributed by atoms with Crippen LogP contribution in [0.1, 0.15) is 31.7 Å². The maximum Gasteiger partial charge on any atom is 0.222 e. The van der Waals surface area contributed by atoms with Crippen molar-refractivity contribution in [1.82, 2.24) is 14.8 Å². The number of carbonyl (C=O) groups excluding carboxylic acids is 2. The van der Waals surface area contributed by atoms with Crippen molar-refractivity contribution < 1.29 is 9.59 Å². The van der Waals surface area contributed by atoms with Crippen molar-refractivity contribution >= 4 is 22.7 Å². The normalized spacial score (nSPS) is 19.2. The van der Waals surface area contributed by atoms with Gasteiger partial charge < -0.3 is 14.8 Å². The number of piperidine rings is 1. The number of amides is 2. The molecule has 2 amide bonds. The van der Waals surface area contributed by atoms with Gasteiger partial charge in [0.2, 0.25) is 11.8 Å². The van der Waals surface area contributed by atoms with Gasteiger partial charge in [-0.2, -0.15) is 0 Å². The average molecular weight is 339 g/mol. The summed E-state index contributed by atoms with van der Waals surface area (Å²) in [5, 5.41) is 1.21. The predicted octanol–water partition coefficient (Wildman–Crippen LogP) is 2.57. The number of fused-ring (bicyclic) bond motifs is 1. The Morgan fingerprint density at radius 2 is 1.84 bits per heavy atom. The Labute approximate surface area is 148 Å². The van der Waals surface area contributed by atoms with Gasteiger partial charge in [-0.3, -0.25) is 9.59 Å². The molecule has 1 aromatic carbocycles. The fourth-order valence-corrected chi connectivity index (χ4v) is 4.27. The first kappa shape index (κ1) is 16.2. The summed E-state index contributed by atoms with van der Waals surface area (Å²) in [6.07, 6.45) is 5.41. The number of aryl methyl sites for hydroxylation is 1. The van der Waals surface area contributed by atoms with Gasteiger partial charge in [0.1, 0.15) is 0 Å². The third kappa shape index (κ3) is 3.03. The smallest absolute Gasteiger partial charge is 0.222 e. The van der Waals surface area contributed by atoms with Gasteiger partial charge in [0.15, 0.2) is 0 Å². The van der Waals surface area contributed by atoms with E-state index in [9.17, 15) is 9.59 Å². The van der Waals surface area contributed by atoms with Gasteiger partial charge in [-0.1, -0.05) is 18.2 Å². The van der Waals surface area contributed by atoms with Crippen LogP contribution in [0.25, 0.3) is 10.9 Å². The average Bonchev–Trinajstić information content (AvgIpc) is 3.01. The van der Waals surface area contributed by atoms with E-state index in [1.807, 2.05) is 28.1 Å². The van der Waals surface area contributed by atoms with Crippen molar-refractivity contribution in [3.05, 3.63) is 36.0 Å². The van der Waals surface area contributed by atoms with Gasteiger partial charge >= 0.3 is 0 Å². The minimum Gasteiger partial charge on any atom is -0.361 e. The Balaban J connectivity index is 1.29. The van der Waals surface area contributed by atoms with Crippen LogP contribution < -0.4 is 0 Å². The number of H-pyrrole nitrogens is 1. The van der Waals surface area contributed by atoms with Gasteiger partial charge in [0.25, 0.3) is 0 Å². The van der Waals surface area contributed by atoms with E-state index >= 15 is 0 Å². The molecule has 2 fully saturated rings. The molecule has 1 spiro atoms. The quantitative estimate of drug-likeness (QED) is 0.934. The van der Waals surface area contributed by atoms with Gasteiger partial charge in [-0.25, -0.2) is 0 Å². The predicted molar refractivity (Wildman–Crippen MR) is 97.1 cm³/mol. The standard InChI is InChI=1S/C20H25N3O2/c1-15(24)23-13-20(14-23)8-10-22(11-9-20)19(25)7-6-16-12-21-18-5-3-2-4-17(16)18/h2-5,12,21H,6-11,13-14H2,1H3. The highest BCUT2D eigenvalue weighted by molar-refractivity contribution is 5.84. The van der Waals surface area contributed by atoms with Gasteiger partial charge in [0.05, 0.1) is 0 Å². The van der Waals surface area contributed by atoms with Crippen LogP contribution in [0, 0.1) is 5.41 Å². The zero-order chi connectivity index (χ0) is 17.4. The van der Waals surface area contributed by atoms with E-state index in [1.54, 1.807) is 6.92 Å². The highest BCUT2D eigenvalue weighted by Crippen LogP contribution is 2.40. The molecule has 2 aliphatic rings. The van der Waals surface area contributed by atoms with E-state index in [1.165, 1.54) is 10.9 Å². The maximum atomic E-state index is 12.6. The molecule has 2 aromatic rings. The third-order valence-corrected chi connectivity index (χ3v) is 5.96. The van der Waals surface area contributed by atoms with Crippen molar-refractivity contribution in [2.45, 2.75) is 32.6 Å². The topological polar surface area (TPSA) is 56.4 Å². The Kier molecular flexibility index (Phi) is 4.02. The van der Waals surface area contributed by atoms with Crippen LogP contribution >= 0.6 is 0 Å². The van der Waals surface area contributed by atoms with Crippen molar-refractivity contribution in [2.75, 3.05) is 26.2 Å². The van der Waals surface area contributed by atoms with Crippen LogP contribution in [0.3, 0.4) is 0 Å². The van der Waals surface area contributed by atoms with Crippen molar-refractivity contribution in [1.29, 1.82) is 0 Å². The summed E-state index contributed by atoms with van der Waals surface area (Å²) in [4.78, 5) is 31.1. The van der Waals surface area contributed by atoms with Crippen molar-refractivity contribution in [3.63, 3.8) is 0 Å². The molecular formula is C20H25N3O2. The van der Waals surface area contributed by atoms with Crippen LogP contribution in [-0.4, -0.2) is 52.8 Å². The first-order valence-corrected chi connectivity index (χ1v) is 9.15. The van der Waals surface area contributed by atoms with Crippen LogP contribution in [0.5, 0.6) is 0 Å². The first-order valence-electron chi connectivity index (χ1n) is 9.15. The highest BCUT2D eigenvalue weighted by Gasteiger charge is 2.46. The lowest BCUT2D eigenvalue weighted by molar-refractivity contribution is -0.148. The van der Waals surface area contributed by atoms with E-state index < -0.39 is 0 Å². The zero-order valence-electron chi connectivity index (χ0n) is 14.8. The summed E-state index contributed by atoms with van der Waals surface area (Å²) >= 11 is 0. The molecule has 0 radical (unpaired) electrons. The number of aromatic nitrogens is 1. The number of nitrogens with one attached hydrogen (secondary N) is 1. The van der Waals surface area contributed by atoms with E-state index in [0.29, 0.717) is 6.42 Å². The minimum absolute atomic E-state index is 0.169. The lowest BCUT2D eigenvalue weighted by Crippen LogP contribution is -2.61. The van der Waals surface area contributed by atoms with Crippen molar-refractivity contribution in [2.24, 2.45) is 5.41 Å². The lowest BCUT2D eigenvalue weighted by Gasteiger charge is -2.53. The number of aromatic amines is 1. The molecule has 0 atom stereocenters. The monoisotopic (exact) mass is 339 g/mol. The Hall–Kier alpha value is -2.30. The molecule has 4 rings (SSSR count). The molecule has 5 heteroatoms. The number of hydrogen-bond acceptors (Lipinski definition) is 2. The molecule has 25 heavy (non-hydrogen) atoms. The number of nitrogens with zero attached hydrogens (tertiary/aromatic N) is 2. The number of carbonyl (C=O) groups is 2. The molecule has 2 aliphatic heterocycles. The number of rotatable bonds is 3. The zero-order valence-corrected chi connectivity index (χ0v) is 14.8. The Bertz CT molecular complexity index is 794. The summed E-state index contributed by atoms with van der Waals surface area (Å²) < 4.78 is 0. The molecule has 5 nitrogen and oxygen atoms in total. The van der Waals surface area contributed by atoms with Gasteiger partial charge in [-0.15, -0.1) is 0 Å². The Morgan fingerprint density at radius 3 is 2.56 bits per heavy atom. The molecule has 0 aliphatic carbocycles. The molecule has 2 saturated heterocycles. The van der Waals surface area contributed by atoms with Gasteiger partial charge in [0, 0.05) is 62.0 Å². The molecule has 0 saturated carbocycles. The molecule has 3 heterocycles. The number of likely N-dealkylation sites (tertiary alicyclic amines) is 2. The SMILES string of the molecule is CC(=O)N1CC2(CCN(C(=O)CCc3c[nH]c4ccccc34)CC2)C1. The second-order valence-electron chi connectivity index (χ2n) is 7.62. The van der Waals surface area contributed by atoms with Crippen LogP contribution in [0.15, 0.2) is 30.5 Å². The molecule has 0 bridgehead atoms. The fourth-order valence-electron chi connectivity index (χ4n) is 4.27. The summed E-state index contributed by atoms with van der Waals surface area (Å²) in [5.74, 6) is 0.422. The number of para-hydroxylation sites is 1. The van der Waals surface area contributed by atoms with Crippen LogP contribution in [0.4, 0.5) is 0 Å². The summed E-state index contributed by atoms with van der Waals surface area (Å²) in [6, 6.07) is 8.22. The van der Waals surface area contributed by atoms with E-state index in [-0.39, 0.29) is 17.2 Å². The van der Waals surface area contributed by atoms with Gasteiger partial charge in [-0.05, 0) is 30.9 Å². The summed E-state index contributed by atoms with van der Waals surface area (Å²) in [6.45, 7) is 5.05. The summed E-state index contributed by atoms with van der Waals surface area (Å²) in [5.41, 5.74) is 2.62. The third-order valence-electron chi connectivity index (χ3n) is 5.96. The molecule has 132 valence electrons. The first-order chi connectivity index (χ1) is 12.1. The molecule has 1 aromatic heterocycles. The lowest BCUT2D eigenvalue weighted by atomic mass is 9.72. The maximum absolute atomic E-state index is 12.6. The van der Waals surface area contributed by atoms with E-state index in [2.05, 4.69) is 17.1 Å². The number of benzene rings is 1. The molecule has 0 unspecified atom stereocenters. The fraction of sp³-hybridized carbons (Fsp3) is 0.500. The van der Waals surface area contributed by atoms with Crippen molar-refractivity contribution in [3.8, 4) is 0 Å². The van der Waals surface area contributed by atoms with Crippen LogP contribution in [0.2, 0.25) is 0 Å². The van der Waals surface area contributed by atoms with Crippen LogP contribution in [-0.2, 0) is 16.0 Å². The summed E-state index contributed by atoms with van der Waals surface area (Å²) in [7, 11) is 0. The van der Waals surface area contributed by atoms with E-state index in [4.69, 9.17) is 0 Å². The molecular weight excluding hydrogens is 314 g/mol. The number of hydrogen-bond donors (Lipinski definition) is 1.